The average Bonchev–Trinajstić information content (AvgIpc) is 3.24. The van der Waals surface area contributed by atoms with Crippen LogP contribution in [0.2, 0.25) is 0 Å². The summed E-state index contributed by atoms with van der Waals surface area (Å²) in [6, 6.07) is 3.40. The highest BCUT2D eigenvalue weighted by molar-refractivity contribution is 7.92. The molecule has 1 aliphatic carbocycles. The van der Waals surface area contributed by atoms with Crippen LogP contribution in [0.1, 0.15) is 18.4 Å². The first kappa shape index (κ1) is 12.2. The van der Waals surface area contributed by atoms with E-state index in [9.17, 15) is 8.42 Å². The van der Waals surface area contributed by atoms with E-state index in [0.29, 0.717) is 24.2 Å². The zero-order valence-electron chi connectivity index (χ0n) is 10.4. The van der Waals surface area contributed by atoms with Crippen molar-refractivity contribution in [3.8, 4) is 11.4 Å². The predicted molar refractivity (Wildman–Crippen MR) is 70.2 cm³/mol. The van der Waals surface area contributed by atoms with Crippen LogP contribution in [0.15, 0.2) is 35.7 Å². The van der Waals surface area contributed by atoms with Crippen molar-refractivity contribution in [2.45, 2.75) is 30.0 Å². The fourth-order valence-electron chi connectivity index (χ4n) is 1.86. The second kappa shape index (κ2) is 4.38. The number of hydrogen-bond acceptors (Lipinski definition) is 5. The number of aryl methyl sites for hydroxylation is 1. The molecule has 6 heteroatoms. The van der Waals surface area contributed by atoms with Crippen molar-refractivity contribution < 1.29 is 8.42 Å². The van der Waals surface area contributed by atoms with Crippen molar-refractivity contribution in [3.05, 3.63) is 36.3 Å². The Bertz CT molecular complexity index is 707. The molecular formula is C13H13N3O2S. The molecule has 0 N–H and O–H groups in total. The molecule has 2 aromatic rings. The van der Waals surface area contributed by atoms with Gasteiger partial charge in [-0.05, 0) is 37.5 Å². The van der Waals surface area contributed by atoms with Crippen LogP contribution >= 0.6 is 0 Å². The lowest BCUT2D eigenvalue weighted by Crippen LogP contribution is -2.11. The molecule has 98 valence electrons. The van der Waals surface area contributed by atoms with Gasteiger partial charge in [0.15, 0.2) is 20.7 Å². The number of sulfone groups is 1. The topological polar surface area (TPSA) is 72.8 Å². The van der Waals surface area contributed by atoms with Gasteiger partial charge < -0.3 is 0 Å². The summed E-state index contributed by atoms with van der Waals surface area (Å²) < 4.78 is 24.7. The summed E-state index contributed by atoms with van der Waals surface area (Å²) in [6.07, 6.45) is 6.26. The minimum absolute atomic E-state index is 0.0985. The van der Waals surface area contributed by atoms with Gasteiger partial charge in [0.05, 0.1) is 10.8 Å². The molecule has 3 rings (SSSR count). The van der Waals surface area contributed by atoms with Crippen LogP contribution in [0, 0.1) is 6.92 Å². The van der Waals surface area contributed by atoms with Crippen LogP contribution < -0.4 is 0 Å². The Labute approximate surface area is 111 Å². The minimum Gasteiger partial charge on any atom is -0.244 e. The number of pyridine rings is 1. The normalized spacial score (nSPS) is 15.4. The molecule has 0 bridgehead atoms. The number of aromatic nitrogens is 3. The van der Waals surface area contributed by atoms with E-state index in [0.717, 1.165) is 5.56 Å². The molecule has 1 saturated carbocycles. The Balaban J connectivity index is 2.14. The largest absolute Gasteiger partial charge is 0.244 e. The lowest BCUT2D eigenvalue weighted by molar-refractivity contribution is 0.591. The molecule has 0 spiro atoms. The molecule has 19 heavy (non-hydrogen) atoms. The second-order valence-electron chi connectivity index (χ2n) is 4.68. The zero-order valence-corrected chi connectivity index (χ0v) is 11.3. The fraction of sp³-hybridized carbons (Fsp3) is 0.308. The Morgan fingerprint density at radius 2 is 1.84 bits per heavy atom. The molecule has 2 aromatic heterocycles. The highest BCUT2D eigenvalue weighted by Crippen LogP contribution is 2.35. The molecule has 0 aromatic carbocycles. The molecule has 5 nitrogen and oxygen atoms in total. The molecule has 2 heterocycles. The van der Waals surface area contributed by atoms with E-state index in [1.807, 2.05) is 6.92 Å². The smallest absolute Gasteiger partial charge is 0.199 e. The molecule has 0 atom stereocenters. The van der Waals surface area contributed by atoms with Crippen LogP contribution in [0.3, 0.4) is 0 Å². The summed E-state index contributed by atoms with van der Waals surface area (Å²) in [6.45, 7) is 1.88. The maximum Gasteiger partial charge on any atom is 0.199 e. The molecule has 0 radical (unpaired) electrons. The van der Waals surface area contributed by atoms with Gasteiger partial charge in [-0.25, -0.2) is 23.4 Å². The van der Waals surface area contributed by atoms with Crippen molar-refractivity contribution in [3.63, 3.8) is 0 Å². The Kier molecular flexibility index (Phi) is 2.82. The van der Waals surface area contributed by atoms with Gasteiger partial charge in [-0.1, -0.05) is 0 Å². The standard InChI is InChI=1S/C13H13N3O2S/c1-9-7-15-12(16-8-9)11-3-2-6-14-13(11)19(17,18)10-4-5-10/h2-3,6-8,10H,4-5H2,1H3. The second-order valence-corrected chi connectivity index (χ2v) is 6.83. The highest BCUT2D eigenvalue weighted by atomic mass is 32.2. The fourth-order valence-corrected chi connectivity index (χ4v) is 3.60. The van der Waals surface area contributed by atoms with Gasteiger partial charge >= 0.3 is 0 Å². The molecule has 1 fully saturated rings. The van der Waals surface area contributed by atoms with E-state index >= 15 is 0 Å². The molecule has 0 unspecified atom stereocenters. The monoisotopic (exact) mass is 275 g/mol. The Morgan fingerprint density at radius 3 is 2.47 bits per heavy atom. The molecule has 0 saturated heterocycles. The van der Waals surface area contributed by atoms with Crippen molar-refractivity contribution in [1.29, 1.82) is 0 Å². The zero-order chi connectivity index (χ0) is 13.5. The summed E-state index contributed by atoms with van der Waals surface area (Å²) >= 11 is 0. The van der Waals surface area contributed by atoms with Crippen molar-refractivity contribution in [2.75, 3.05) is 0 Å². The number of rotatable bonds is 3. The van der Waals surface area contributed by atoms with E-state index < -0.39 is 9.84 Å². The van der Waals surface area contributed by atoms with E-state index in [1.54, 1.807) is 24.5 Å². The Morgan fingerprint density at radius 1 is 1.16 bits per heavy atom. The summed E-state index contributed by atoms with van der Waals surface area (Å²) in [7, 11) is -3.35. The summed E-state index contributed by atoms with van der Waals surface area (Å²) in [5.41, 5.74) is 1.41. The van der Waals surface area contributed by atoms with Crippen LogP contribution in [0.25, 0.3) is 11.4 Å². The molecule has 0 amide bonds. The van der Waals surface area contributed by atoms with E-state index in [-0.39, 0.29) is 10.3 Å². The highest BCUT2D eigenvalue weighted by Gasteiger charge is 2.39. The molecule has 0 aliphatic heterocycles. The van der Waals surface area contributed by atoms with Crippen molar-refractivity contribution >= 4 is 9.84 Å². The van der Waals surface area contributed by atoms with Gasteiger partial charge in [0.1, 0.15) is 0 Å². The maximum absolute atomic E-state index is 12.3. The third-order valence-corrected chi connectivity index (χ3v) is 5.24. The minimum atomic E-state index is -3.35. The van der Waals surface area contributed by atoms with Crippen LogP contribution in [-0.4, -0.2) is 28.6 Å². The molecular weight excluding hydrogens is 262 g/mol. The lowest BCUT2D eigenvalue weighted by Gasteiger charge is -2.07. The summed E-state index contributed by atoms with van der Waals surface area (Å²) in [5, 5.41) is -0.187. The summed E-state index contributed by atoms with van der Waals surface area (Å²) in [4.78, 5) is 12.4. The first-order valence-electron chi connectivity index (χ1n) is 6.07. The first-order chi connectivity index (χ1) is 9.09. The van der Waals surface area contributed by atoms with Gasteiger partial charge in [0.25, 0.3) is 0 Å². The summed E-state index contributed by atoms with van der Waals surface area (Å²) in [5.74, 6) is 0.401. The van der Waals surface area contributed by atoms with E-state index in [1.165, 1.54) is 6.20 Å². The average molecular weight is 275 g/mol. The van der Waals surface area contributed by atoms with Gasteiger partial charge in [-0.3, -0.25) is 0 Å². The number of nitrogens with zero attached hydrogens (tertiary/aromatic N) is 3. The van der Waals surface area contributed by atoms with Crippen LogP contribution in [0.5, 0.6) is 0 Å². The van der Waals surface area contributed by atoms with Gasteiger partial charge in [0, 0.05) is 18.6 Å². The number of hydrogen-bond donors (Lipinski definition) is 0. The van der Waals surface area contributed by atoms with Crippen molar-refractivity contribution in [1.82, 2.24) is 15.0 Å². The predicted octanol–water partition coefficient (Wildman–Crippen LogP) is 1.78. The lowest BCUT2D eigenvalue weighted by atomic mass is 10.2. The van der Waals surface area contributed by atoms with Gasteiger partial charge in [-0.15, -0.1) is 0 Å². The quantitative estimate of drug-likeness (QED) is 0.853. The Hall–Kier alpha value is -1.82. The van der Waals surface area contributed by atoms with Gasteiger partial charge in [-0.2, -0.15) is 0 Å². The molecule has 1 aliphatic rings. The van der Waals surface area contributed by atoms with E-state index in [2.05, 4.69) is 15.0 Å². The van der Waals surface area contributed by atoms with Crippen molar-refractivity contribution in [2.24, 2.45) is 0 Å². The first-order valence-corrected chi connectivity index (χ1v) is 7.61. The van der Waals surface area contributed by atoms with E-state index in [4.69, 9.17) is 0 Å². The van der Waals surface area contributed by atoms with Crippen LogP contribution in [-0.2, 0) is 9.84 Å². The maximum atomic E-state index is 12.3. The third-order valence-electron chi connectivity index (χ3n) is 3.03. The SMILES string of the molecule is Cc1cnc(-c2cccnc2S(=O)(=O)C2CC2)nc1. The third kappa shape index (κ3) is 2.23. The van der Waals surface area contributed by atoms with Crippen LogP contribution in [0.4, 0.5) is 0 Å². The van der Waals surface area contributed by atoms with Gasteiger partial charge in [0.2, 0.25) is 0 Å².